The normalized spacial score (nSPS) is 10.4. The summed E-state index contributed by atoms with van der Waals surface area (Å²) in [5.74, 6) is -3.29. The van der Waals surface area contributed by atoms with Crippen molar-refractivity contribution in [2.24, 2.45) is 0 Å². The van der Waals surface area contributed by atoms with Gasteiger partial charge in [0, 0.05) is 0 Å². The summed E-state index contributed by atoms with van der Waals surface area (Å²) in [6, 6.07) is 2.84. The Morgan fingerprint density at radius 1 is 1.06 bits per heavy atom. The predicted octanol–water partition coefficient (Wildman–Crippen LogP) is -2.55. The molecule has 9 heteroatoms. The van der Waals surface area contributed by atoms with Gasteiger partial charge in [0.15, 0.2) is 0 Å². The van der Waals surface area contributed by atoms with E-state index >= 15 is 0 Å². The average molecular weight is 254 g/mol. The Bertz CT molecular complexity index is 537. The fraction of sp³-hybridized carbons (Fsp3) is 0. The molecular formula is C8H7LiO7S. The van der Waals surface area contributed by atoms with E-state index in [0.29, 0.717) is 0 Å². The molecule has 17 heavy (non-hydrogen) atoms. The molecule has 0 fully saturated rings. The summed E-state index contributed by atoms with van der Waals surface area (Å²) < 4.78 is 30.6. The fourth-order valence-corrected chi connectivity index (χ4v) is 2.02. The average Bonchev–Trinajstić information content (AvgIpc) is 2.15. The van der Waals surface area contributed by atoms with E-state index in [1.807, 2.05) is 0 Å². The molecule has 0 amide bonds. The van der Waals surface area contributed by atoms with Crippen molar-refractivity contribution < 1.29 is 53.1 Å². The molecule has 0 aromatic heterocycles. The molecule has 0 unspecified atom stereocenters. The molecule has 0 heterocycles. The standard InChI is InChI=1S/C8H6O7S.Li.H/c9-7(10)4-2-1-3-5(8(11)12)6(4)16(13,14)15;;/h1-3H,(H,9,10)(H,11,12)(H,13,14,15);;/q;+1;-1. The Labute approximate surface area is 109 Å². The molecule has 1 aromatic rings. The summed E-state index contributed by atoms with van der Waals surface area (Å²) in [4.78, 5) is 20.2. The van der Waals surface area contributed by atoms with Crippen LogP contribution in [-0.4, -0.2) is 35.1 Å². The van der Waals surface area contributed by atoms with Crippen LogP contribution in [0.25, 0.3) is 0 Å². The molecule has 0 aliphatic heterocycles. The summed E-state index contributed by atoms with van der Waals surface area (Å²) in [5, 5.41) is 17.3. The SMILES string of the molecule is O=C(O)c1cccc(C(=O)O)c1S(=O)(=O)O.[H-].[Li+]. The number of rotatable bonds is 3. The molecule has 0 radical (unpaired) electrons. The van der Waals surface area contributed by atoms with Gasteiger partial charge in [-0.25, -0.2) is 9.59 Å². The summed E-state index contributed by atoms with van der Waals surface area (Å²) in [6.45, 7) is 0. The first kappa shape index (κ1) is 15.7. The Kier molecular flexibility index (Phi) is 4.91. The molecule has 0 spiro atoms. The van der Waals surface area contributed by atoms with Crippen LogP contribution in [-0.2, 0) is 10.1 Å². The Balaban J connectivity index is 0. The number of benzene rings is 1. The second-order valence-electron chi connectivity index (χ2n) is 2.77. The maximum atomic E-state index is 10.9. The van der Waals surface area contributed by atoms with Gasteiger partial charge < -0.3 is 11.6 Å². The zero-order chi connectivity index (χ0) is 12.5. The van der Waals surface area contributed by atoms with Gasteiger partial charge in [-0.3, -0.25) is 4.55 Å². The van der Waals surface area contributed by atoms with Crippen LogP contribution in [0, 0.1) is 0 Å². The minimum Gasteiger partial charge on any atom is -1.00 e. The van der Waals surface area contributed by atoms with E-state index in [0.717, 1.165) is 18.2 Å². The number of carbonyl (C=O) groups is 2. The molecule has 0 saturated carbocycles. The molecular weight excluding hydrogens is 247 g/mol. The Morgan fingerprint density at radius 2 is 1.41 bits per heavy atom. The minimum atomic E-state index is -4.92. The van der Waals surface area contributed by atoms with Gasteiger partial charge in [-0.15, -0.1) is 0 Å². The van der Waals surface area contributed by atoms with Gasteiger partial charge in [0.1, 0.15) is 4.90 Å². The first-order chi connectivity index (χ1) is 7.25. The van der Waals surface area contributed by atoms with Gasteiger partial charge in [0.05, 0.1) is 11.1 Å². The largest absolute Gasteiger partial charge is 1.00 e. The van der Waals surface area contributed by atoms with Crippen LogP contribution in [0.4, 0.5) is 0 Å². The summed E-state index contributed by atoms with van der Waals surface area (Å²) >= 11 is 0. The third-order valence-corrected chi connectivity index (χ3v) is 2.69. The first-order valence-corrected chi connectivity index (χ1v) is 5.26. The third-order valence-electron chi connectivity index (χ3n) is 1.73. The first-order valence-electron chi connectivity index (χ1n) is 3.82. The van der Waals surface area contributed by atoms with Crippen molar-refractivity contribution in [3.05, 3.63) is 29.3 Å². The number of hydrogen-bond acceptors (Lipinski definition) is 4. The quantitative estimate of drug-likeness (QED) is 0.400. The third kappa shape index (κ3) is 3.31. The van der Waals surface area contributed by atoms with Crippen LogP contribution < -0.4 is 18.9 Å². The number of hydrogen-bond donors (Lipinski definition) is 3. The van der Waals surface area contributed by atoms with Crippen molar-refractivity contribution in [1.82, 2.24) is 0 Å². The van der Waals surface area contributed by atoms with Crippen molar-refractivity contribution in [3.63, 3.8) is 0 Å². The number of aromatic carboxylic acids is 2. The molecule has 0 aliphatic rings. The fourth-order valence-electron chi connectivity index (χ4n) is 1.15. The van der Waals surface area contributed by atoms with Crippen LogP contribution in [0.2, 0.25) is 0 Å². The predicted molar refractivity (Wildman–Crippen MR) is 51.3 cm³/mol. The van der Waals surface area contributed by atoms with Crippen molar-refractivity contribution in [3.8, 4) is 0 Å². The van der Waals surface area contributed by atoms with E-state index in [-0.39, 0.29) is 20.3 Å². The van der Waals surface area contributed by atoms with E-state index in [1.165, 1.54) is 0 Å². The monoisotopic (exact) mass is 254 g/mol. The van der Waals surface area contributed by atoms with Crippen molar-refractivity contribution in [2.75, 3.05) is 0 Å². The van der Waals surface area contributed by atoms with Crippen molar-refractivity contribution in [2.45, 2.75) is 4.90 Å². The van der Waals surface area contributed by atoms with E-state index in [9.17, 15) is 18.0 Å². The van der Waals surface area contributed by atoms with Crippen LogP contribution in [0.15, 0.2) is 23.1 Å². The molecule has 7 nitrogen and oxygen atoms in total. The van der Waals surface area contributed by atoms with Gasteiger partial charge >= 0.3 is 30.8 Å². The second-order valence-corrected chi connectivity index (χ2v) is 4.13. The maximum Gasteiger partial charge on any atom is 1.00 e. The Morgan fingerprint density at radius 3 is 1.65 bits per heavy atom. The molecule has 0 saturated heterocycles. The summed E-state index contributed by atoms with van der Waals surface area (Å²) in [7, 11) is -4.92. The molecule has 0 aliphatic carbocycles. The van der Waals surface area contributed by atoms with E-state index in [1.54, 1.807) is 0 Å². The molecule has 1 rings (SSSR count). The zero-order valence-electron chi connectivity index (χ0n) is 9.61. The van der Waals surface area contributed by atoms with Crippen LogP contribution in [0.1, 0.15) is 22.1 Å². The zero-order valence-corrected chi connectivity index (χ0v) is 9.43. The molecule has 0 atom stereocenters. The van der Waals surface area contributed by atoms with Gasteiger partial charge in [-0.1, -0.05) is 6.07 Å². The van der Waals surface area contributed by atoms with Crippen LogP contribution in [0.3, 0.4) is 0 Å². The van der Waals surface area contributed by atoms with Gasteiger partial charge in [0.2, 0.25) is 0 Å². The smallest absolute Gasteiger partial charge is 1.00 e. The number of carboxylic acids is 2. The second kappa shape index (κ2) is 5.33. The van der Waals surface area contributed by atoms with Crippen LogP contribution >= 0.6 is 0 Å². The van der Waals surface area contributed by atoms with E-state index in [2.05, 4.69) is 0 Å². The van der Waals surface area contributed by atoms with E-state index < -0.39 is 38.1 Å². The molecule has 1 aromatic carbocycles. The van der Waals surface area contributed by atoms with Crippen molar-refractivity contribution in [1.29, 1.82) is 0 Å². The maximum absolute atomic E-state index is 10.9. The molecule has 88 valence electrons. The van der Waals surface area contributed by atoms with Crippen molar-refractivity contribution >= 4 is 22.1 Å². The Hall–Kier alpha value is -1.33. The molecule has 3 N–H and O–H groups in total. The van der Waals surface area contributed by atoms with Crippen LogP contribution in [0.5, 0.6) is 0 Å². The number of carboxylic acid groups (broad SMARTS) is 2. The van der Waals surface area contributed by atoms with E-state index in [4.69, 9.17) is 14.8 Å². The molecule has 0 bridgehead atoms. The van der Waals surface area contributed by atoms with Gasteiger partial charge in [0.25, 0.3) is 10.1 Å². The van der Waals surface area contributed by atoms with Gasteiger partial charge in [-0.05, 0) is 12.1 Å². The minimum absolute atomic E-state index is 0. The van der Waals surface area contributed by atoms with Gasteiger partial charge in [-0.2, -0.15) is 8.42 Å². The topological polar surface area (TPSA) is 129 Å². The summed E-state index contributed by atoms with van der Waals surface area (Å²) in [5.41, 5.74) is -1.58. The summed E-state index contributed by atoms with van der Waals surface area (Å²) in [6.07, 6.45) is 0.